The summed E-state index contributed by atoms with van der Waals surface area (Å²) in [6.45, 7) is 13.6. The first-order chi connectivity index (χ1) is 15.0. The monoisotopic (exact) mass is 439 g/mol. The molecule has 1 N–H and O–H groups in total. The topological polar surface area (TPSA) is 53.9 Å². The van der Waals surface area contributed by atoms with Crippen molar-refractivity contribution in [2.24, 2.45) is 4.99 Å². The van der Waals surface area contributed by atoms with Gasteiger partial charge in [-0.1, -0.05) is 49.1 Å². The molecule has 1 aromatic rings. The number of carbonyl (C=O) groups is 1. The van der Waals surface area contributed by atoms with Gasteiger partial charge in [0.1, 0.15) is 17.6 Å². The Hall–Kier alpha value is -2.47. The number of rotatable bonds is 4. The van der Waals surface area contributed by atoms with Crippen LogP contribution in [0, 0.1) is 0 Å². The molecule has 1 aromatic carbocycles. The molecule has 0 saturated carbocycles. The van der Waals surface area contributed by atoms with Crippen LogP contribution < -0.4 is 15.0 Å². The maximum Gasteiger partial charge on any atom is 0.236 e. The summed E-state index contributed by atoms with van der Waals surface area (Å²) >= 11 is 1.59. The van der Waals surface area contributed by atoms with E-state index in [-0.39, 0.29) is 22.7 Å². The summed E-state index contributed by atoms with van der Waals surface area (Å²) in [6, 6.07) is 6.41. The van der Waals surface area contributed by atoms with Crippen molar-refractivity contribution in [3.8, 4) is 5.75 Å². The van der Waals surface area contributed by atoms with Gasteiger partial charge in [0.15, 0.2) is 5.17 Å². The number of carbonyl (C=O) groups excluding carboxylic acids is 1. The Kier molecular flexibility index (Phi) is 7.65. The van der Waals surface area contributed by atoms with Gasteiger partial charge in [-0.05, 0) is 50.8 Å². The molecule has 0 bridgehead atoms. The molecule has 1 saturated heterocycles. The zero-order chi connectivity index (χ0) is 22.4. The lowest BCUT2D eigenvalue weighted by molar-refractivity contribution is -0.124. The van der Waals surface area contributed by atoms with Gasteiger partial charge in [-0.2, -0.15) is 0 Å². The van der Waals surface area contributed by atoms with E-state index in [4.69, 9.17) is 9.73 Å². The number of piperidine rings is 1. The number of benzene rings is 1. The molecule has 4 rings (SSSR count). The largest absolute Gasteiger partial charge is 0.490 e. The molecule has 1 amide bonds. The second-order valence-corrected chi connectivity index (χ2v) is 9.47. The van der Waals surface area contributed by atoms with E-state index in [0.29, 0.717) is 6.61 Å². The number of allylic oxidation sites excluding steroid dienone is 4. The minimum atomic E-state index is -0.202. The molecule has 0 spiro atoms. The summed E-state index contributed by atoms with van der Waals surface area (Å²) in [5, 5.41) is 3.94. The van der Waals surface area contributed by atoms with Crippen molar-refractivity contribution >= 4 is 28.5 Å². The quantitative estimate of drug-likeness (QED) is 0.536. The Bertz CT molecular complexity index is 891. The molecule has 0 aliphatic carbocycles. The van der Waals surface area contributed by atoms with Crippen LogP contribution in [0.5, 0.6) is 5.75 Å². The highest BCUT2D eigenvalue weighted by molar-refractivity contribution is 8.15. The first-order valence-electron chi connectivity index (χ1n) is 10.9. The number of aliphatic imine (C=N–C) groups is 1. The fraction of sp³-hybridized carbons (Fsp3) is 0.440. The number of amidine groups is 1. The number of anilines is 1. The highest BCUT2D eigenvalue weighted by Gasteiger charge is 2.46. The van der Waals surface area contributed by atoms with Crippen molar-refractivity contribution in [3.05, 3.63) is 61.2 Å². The van der Waals surface area contributed by atoms with Gasteiger partial charge in [-0.25, -0.2) is 0 Å². The lowest BCUT2D eigenvalue weighted by Crippen LogP contribution is -2.56. The average Bonchev–Trinajstić information content (AvgIpc) is 3.17. The molecular weight excluding hydrogens is 406 g/mol. The maximum atomic E-state index is 12.6. The smallest absolute Gasteiger partial charge is 0.236 e. The fourth-order valence-electron chi connectivity index (χ4n) is 4.01. The summed E-state index contributed by atoms with van der Waals surface area (Å²) in [5.41, 5.74) is 2.09. The standard InChI is InChI=1S/C23H29N3O2S.C2H4/c1-4-5-6-7-8-9-16-10-11-19-18(14-16)26(12-13-28-19)22-24-17-15-23(2,3)25-21(27)20(17)29-22;1-2/h5-8,10-11,14,17,20H,4,9,12-13,15H2,1-3H3,(H,25,27);1-2H2/b6-5-,8-7-;. The molecule has 6 heteroatoms. The van der Waals surface area contributed by atoms with Crippen LogP contribution in [0.15, 0.2) is 60.7 Å². The Morgan fingerprint density at radius 1 is 1.32 bits per heavy atom. The van der Waals surface area contributed by atoms with Gasteiger partial charge in [0.2, 0.25) is 5.91 Å². The first kappa shape index (κ1) is 23.2. The Balaban J connectivity index is 0.00000132. The van der Waals surface area contributed by atoms with Crippen LogP contribution in [0.4, 0.5) is 5.69 Å². The van der Waals surface area contributed by atoms with Crippen molar-refractivity contribution in [3.63, 3.8) is 0 Å². The maximum absolute atomic E-state index is 12.6. The summed E-state index contributed by atoms with van der Waals surface area (Å²) in [4.78, 5) is 19.7. The number of hydrogen-bond acceptors (Lipinski definition) is 5. The molecule has 2 atom stereocenters. The molecule has 166 valence electrons. The summed E-state index contributed by atoms with van der Waals surface area (Å²) < 4.78 is 5.88. The van der Waals surface area contributed by atoms with E-state index in [0.717, 1.165) is 42.4 Å². The van der Waals surface area contributed by atoms with Gasteiger partial charge in [0.05, 0.1) is 18.3 Å². The number of nitrogens with zero attached hydrogens (tertiary/aromatic N) is 2. The minimum Gasteiger partial charge on any atom is -0.490 e. The Morgan fingerprint density at radius 3 is 2.87 bits per heavy atom. The van der Waals surface area contributed by atoms with Crippen molar-refractivity contribution in [1.29, 1.82) is 0 Å². The van der Waals surface area contributed by atoms with E-state index in [1.165, 1.54) is 5.56 Å². The van der Waals surface area contributed by atoms with Crippen LogP contribution in [0.25, 0.3) is 0 Å². The molecule has 3 aliphatic heterocycles. The van der Waals surface area contributed by atoms with Crippen LogP contribution in [-0.2, 0) is 11.2 Å². The average molecular weight is 440 g/mol. The molecule has 3 aliphatic rings. The summed E-state index contributed by atoms with van der Waals surface area (Å²) in [7, 11) is 0. The zero-order valence-corrected chi connectivity index (χ0v) is 19.6. The number of hydrogen-bond donors (Lipinski definition) is 1. The van der Waals surface area contributed by atoms with Crippen LogP contribution in [0.3, 0.4) is 0 Å². The van der Waals surface area contributed by atoms with E-state index in [1.807, 2.05) is 0 Å². The number of ether oxygens (including phenoxy) is 1. The highest BCUT2D eigenvalue weighted by Crippen LogP contribution is 2.41. The predicted octanol–water partition coefficient (Wildman–Crippen LogP) is 4.89. The normalized spacial score (nSPS) is 24.0. The zero-order valence-electron chi connectivity index (χ0n) is 18.8. The van der Waals surface area contributed by atoms with E-state index >= 15 is 0 Å². The number of fused-ring (bicyclic) bond motifs is 2. The lowest BCUT2D eigenvalue weighted by Gasteiger charge is -2.36. The minimum absolute atomic E-state index is 0.0431. The fourth-order valence-corrected chi connectivity index (χ4v) is 5.23. The van der Waals surface area contributed by atoms with Gasteiger partial charge in [0.25, 0.3) is 0 Å². The third kappa shape index (κ3) is 5.42. The molecule has 1 fully saturated rings. The van der Waals surface area contributed by atoms with Crippen molar-refractivity contribution in [1.82, 2.24) is 5.32 Å². The van der Waals surface area contributed by atoms with Gasteiger partial charge in [-0.3, -0.25) is 9.79 Å². The van der Waals surface area contributed by atoms with E-state index in [1.54, 1.807) is 11.8 Å². The number of thioether (sulfide) groups is 1. The summed E-state index contributed by atoms with van der Waals surface area (Å²) in [5.74, 6) is 0.986. The summed E-state index contributed by atoms with van der Waals surface area (Å²) in [6.07, 6.45) is 11.3. The Morgan fingerprint density at radius 2 is 2.10 bits per heavy atom. The number of amides is 1. The van der Waals surface area contributed by atoms with Crippen molar-refractivity contribution in [2.45, 2.75) is 56.9 Å². The second kappa shape index (κ2) is 10.2. The third-order valence-electron chi connectivity index (χ3n) is 5.39. The molecule has 0 aromatic heterocycles. The van der Waals surface area contributed by atoms with E-state index < -0.39 is 0 Å². The second-order valence-electron chi connectivity index (χ2n) is 8.37. The van der Waals surface area contributed by atoms with Crippen LogP contribution in [-0.4, -0.2) is 41.1 Å². The molecule has 2 unspecified atom stereocenters. The predicted molar refractivity (Wildman–Crippen MR) is 132 cm³/mol. The molecule has 5 nitrogen and oxygen atoms in total. The lowest BCUT2D eigenvalue weighted by atomic mass is 9.89. The van der Waals surface area contributed by atoms with E-state index in [9.17, 15) is 4.79 Å². The van der Waals surface area contributed by atoms with Gasteiger partial charge >= 0.3 is 0 Å². The highest BCUT2D eigenvalue weighted by atomic mass is 32.2. The third-order valence-corrected chi connectivity index (χ3v) is 6.71. The molecule has 3 heterocycles. The SMILES string of the molecule is C=C.CC/C=C\C=C/Cc1ccc2c(c1)N(C1=NC3CC(C)(C)NC(=O)C3S1)CCO2. The Labute approximate surface area is 190 Å². The van der Waals surface area contributed by atoms with E-state index in [2.05, 4.69) is 86.6 Å². The van der Waals surface area contributed by atoms with Gasteiger partial charge < -0.3 is 15.0 Å². The number of nitrogens with one attached hydrogen (secondary N) is 1. The molecule has 0 radical (unpaired) electrons. The molecule has 31 heavy (non-hydrogen) atoms. The molecular formula is C25H33N3O2S. The van der Waals surface area contributed by atoms with Gasteiger partial charge in [-0.15, -0.1) is 13.2 Å². The van der Waals surface area contributed by atoms with Crippen molar-refractivity contribution < 1.29 is 9.53 Å². The van der Waals surface area contributed by atoms with Crippen LogP contribution in [0.2, 0.25) is 0 Å². The van der Waals surface area contributed by atoms with Gasteiger partial charge in [0, 0.05) is 5.54 Å². The first-order valence-corrected chi connectivity index (χ1v) is 11.8. The van der Waals surface area contributed by atoms with Crippen LogP contribution >= 0.6 is 11.8 Å². The van der Waals surface area contributed by atoms with Crippen LogP contribution in [0.1, 0.15) is 39.2 Å². The van der Waals surface area contributed by atoms with Crippen molar-refractivity contribution in [2.75, 3.05) is 18.1 Å².